The molecule has 0 aromatic heterocycles. The molecule has 1 saturated carbocycles. The number of allylic oxidation sites excluding steroid dienone is 2. The summed E-state index contributed by atoms with van der Waals surface area (Å²) in [6, 6.07) is 0. The summed E-state index contributed by atoms with van der Waals surface area (Å²) in [6.07, 6.45) is 5.09. The van der Waals surface area contributed by atoms with Crippen LogP contribution < -0.4 is 0 Å². The van der Waals surface area contributed by atoms with E-state index in [1.807, 2.05) is 0 Å². The molecule has 0 heterocycles. The third kappa shape index (κ3) is 1.71. The second-order valence-electron chi connectivity index (χ2n) is 8.59. The zero-order valence-corrected chi connectivity index (χ0v) is 14.5. The number of hydrogen-bond acceptors (Lipinski definition) is 1. The zero-order chi connectivity index (χ0) is 14.0. The van der Waals surface area contributed by atoms with E-state index in [1.165, 1.54) is 18.6 Å². The van der Waals surface area contributed by atoms with Crippen molar-refractivity contribution in [3.05, 3.63) is 11.8 Å². The van der Waals surface area contributed by atoms with Crippen LogP contribution in [-0.4, -0.2) is 8.32 Å². The van der Waals surface area contributed by atoms with Crippen molar-refractivity contribution in [3.63, 3.8) is 0 Å². The second-order valence-corrected chi connectivity index (χ2v) is 13.3. The van der Waals surface area contributed by atoms with Gasteiger partial charge in [0.05, 0.1) is 5.76 Å². The highest BCUT2D eigenvalue weighted by molar-refractivity contribution is 6.74. The molecular weight excluding hydrogens is 236 g/mol. The average molecular weight is 267 g/mol. The maximum Gasteiger partial charge on any atom is 0.250 e. The van der Waals surface area contributed by atoms with E-state index in [0.29, 0.717) is 5.41 Å². The number of hydrogen-bond donors (Lipinski definition) is 0. The quantitative estimate of drug-likeness (QED) is 0.612. The van der Waals surface area contributed by atoms with Gasteiger partial charge in [-0.05, 0) is 48.4 Å². The third-order valence-electron chi connectivity index (χ3n) is 6.37. The highest BCUT2D eigenvalue weighted by Gasteiger charge is 2.59. The van der Waals surface area contributed by atoms with Crippen LogP contribution in [0.2, 0.25) is 18.1 Å². The van der Waals surface area contributed by atoms with Crippen molar-refractivity contribution in [1.82, 2.24) is 0 Å². The molecule has 2 heteroatoms. The maximum atomic E-state index is 6.64. The lowest BCUT2D eigenvalue weighted by molar-refractivity contribution is 0.125. The molecule has 104 valence electrons. The smallest absolute Gasteiger partial charge is 0.250 e. The van der Waals surface area contributed by atoms with Crippen LogP contribution in [-0.2, 0) is 4.43 Å². The monoisotopic (exact) mass is 266 g/mol. The molecule has 1 nitrogen and oxygen atoms in total. The van der Waals surface area contributed by atoms with Crippen molar-refractivity contribution in [2.45, 2.75) is 72.5 Å². The zero-order valence-electron chi connectivity index (χ0n) is 13.5. The molecule has 1 fully saturated rings. The van der Waals surface area contributed by atoms with Gasteiger partial charge in [-0.15, -0.1) is 0 Å². The first-order valence-electron chi connectivity index (χ1n) is 7.33. The van der Waals surface area contributed by atoms with Gasteiger partial charge >= 0.3 is 0 Å². The Kier molecular flexibility index (Phi) is 2.87. The van der Waals surface area contributed by atoms with Crippen LogP contribution in [0.4, 0.5) is 0 Å². The molecule has 2 rings (SSSR count). The van der Waals surface area contributed by atoms with Gasteiger partial charge in [0, 0.05) is 5.41 Å². The predicted octanol–water partition coefficient (Wildman–Crippen LogP) is 5.35. The van der Waals surface area contributed by atoms with E-state index < -0.39 is 8.32 Å². The fourth-order valence-corrected chi connectivity index (χ4v) is 4.36. The summed E-state index contributed by atoms with van der Waals surface area (Å²) < 4.78 is 6.64. The summed E-state index contributed by atoms with van der Waals surface area (Å²) >= 11 is 0. The summed E-state index contributed by atoms with van der Waals surface area (Å²) in [4.78, 5) is 0. The van der Waals surface area contributed by atoms with Crippen molar-refractivity contribution < 1.29 is 4.43 Å². The number of fused-ring (bicyclic) bond motifs is 2. The van der Waals surface area contributed by atoms with Gasteiger partial charge in [0.15, 0.2) is 0 Å². The minimum Gasteiger partial charge on any atom is -0.546 e. The van der Waals surface area contributed by atoms with Crippen LogP contribution in [0.15, 0.2) is 11.8 Å². The Bertz CT molecular complexity index is 386. The highest BCUT2D eigenvalue weighted by atomic mass is 28.4. The molecule has 0 aromatic carbocycles. The van der Waals surface area contributed by atoms with Crippen LogP contribution >= 0.6 is 0 Å². The highest BCUT2D eigenvalue weighted by Crippen LogP contribution is 2.65. The maximum absolute atomic E-state index is 6.64. The molecule has 0 saturated heterocycles. The number of rotatable bonds is 2. The lowest BCUT2D eigenvalue weighted by Crippen LogP contribution is -2.43. The van der Waals surface area contributed by atoms with Crippen LogP contribution in [0.1, 0.15) is 54.4 Å². The summed E-state index contributed by atoms with van der Waals surface area (Å²) in [5, 5.41) is 0.288. The summed E-state index contributed by atoms with van der Waals surface area (Å²) in [6.45, 7) is 18.9. The Balaban J connectivity index is 2.26. The molecule has 2 atom stereocenters. The molecule has 18 heavy (non-hydrogen) atoms. The molecule has 2 bridgehead atoms. The van der Waals surface area contributed by atoms with E-state index in [4.69, 9.17) is 4.43 Å². The van der Waals surface area contributed by atoms with Gasteiger partial charge in [0.1, 0.15) is 0 Å². The molecule has 0 radical (unpaired) electrons. The lowest BCUT2D eigenvalue weighted by atomic mass is 9.70. The largest absolute Gasteiger partial charge is 0.546 e. The first kappa shape index (κ1) is 14.2. The normalized spacial score (nSPS) is 34.7. The molecule has 2 unspecified atom stereocenters. The lowest BCUT2D eigenvalue weighted by Gasteiger charge is -2.43. The minimum atomic E-state index is -1.69. The molecule has 2 aliphatic rings. The Morgan fingerprint density at radius 2 is 1.78 bits per heavy atom. The van der Waals surface area contributed by atoms with Gasteiger partial charge in [-0.1, -0.05) is 41.5 Å². The summed E-state index contributed by atoms with van der Waals surface area (Å²) in [7, 11) is -1.69. The van der Waals surface area contributed by atoms with Crippen molar-refractivity contribution in [3.8, 4) is 0 Å². The van der Waals surface area contributed by atoms with Gasteiger partial charge in [-0.25, -0.2) is 0 Å². The van der Waals surface area contributed by atoms with Crippen molar-refractivity contribution in [2.24, 2.45) is 16.7 Å². The molecule has 0 spiro atoms. The topological polar surface area (TPSA) is 9.23 Å². The summed E-state index contributed by atoms with van der Waals surface area (Å²) in [5.41, 5.74) is 0.651. The Morgan fingerprint density at radius 1 is 1.22 bits per heavy atom. The second kappa shape index (κ2) is 3.65. The van der Waals surface area contributed by atoms with Crippen molar-refractivity contribution in [2.75, 3.05) is 0 Å². The molecule has 0 amide bonds. The van der Waals surface area contributed by atoms with Gasteiger partial charge in [-0.2, -0.15) is 0 Å². The van der Waals surface area contributed by atoms with Crippen LogP contribution in [0.25, 0.3) is 0 Å². The van der Waals surface area contributed by atoms with Gasteiger partial charge in [0.2, 0.25) is 8.32 Å². The van der Waals surface area contributed by atoms with E-state index in [2.05, 4.69) is 60.7 Å². The van der Waals surface area contributed by atoms with Gasteiger partial charge in [0.25, 0.3) is 0 Å². The molecular formula is C16H30OSi. The molecule has 2 aliphatic carbocycles. The van der Waals surface area contributed by atoms with E-state index in [9.17, 15) is 0 Å². The average Bonchev–Trinajstić information content (AvgIpc) is 2.48. The van der Waals surface area contributed by atoms with Crippen molar-refractivity contribution in [1.29, 1.82) is 0 Å². The first-order valence-corrected chi connectivity index (χ1v) is 10.2. The van der Waals surface area contributed by atoms with Crippen LogP contribution in [0.5, 0.6) is 0 Å². The van der Waals surface area contributed by atoms with Crippen molar-refractivity contribution >= 4 is 8.32 Å². The fourth-order valence-electron chi connectivity index (χ4n) is 3.21. The van der Waals surface area contributed by atoms with E-state index in [-0.39, 0.29) is 10.5 Å². The van der Waals surface area contributed by atoms with E-state index in [1.54, 1.807) is 0 Å². The Hall–Kier alpha value is -0.243. The molecule has 0 aliphatic heterocycles. The Labute approximate surface area is 114 Å². The van der Waals surface area contributed by atoms with E-state index in [0.717, 1.165) is 5.92 Å². The summed E-state index contributed by atoms with van der Waals surface area (Å²) in [5.74, 6) is 2.04. The van der Waals surface area contributed by atoms with E-state index >= 15 is 0 Å². The standard InChI is InChI=1S/C16H30OSi/c1-14(2,3)18(7,8)17-13-11-12-9-10-16(13,6)15(12,4)5/h11-12H,9-10H2,1-8H3. The Morgan fingerprint density at radius 3 is 2.11 bits per heavy atom. The third-order valence-corrected chi connectivity index (χ3v) is 10.7. The predicted molar refractivity (Wildman–Crippen MR) is 81.0 cm³/mol. The first-order chi connectivity index (χ1) is 7.92. The minimum absolute atomic E-state index is 0.271. The fraction of sp³-hybridized carbons (Fsp3) is 0.875. The SMILES string of the molecule is CC12CCC(C=C1O[Si](C)(C)C(C)(C)C)C2(C)C. The van der Waals surface area contributed by atoms with Crippen LogP contribution in [0.3, 0.4) is 0 Å². The van der Waals surface area contributed by atoms with Gasteiger partial charge < -0.3 is 4.43 Å². The van der Waals surface area contributed by atoms with Gasteiger partial charge in [-0.3, -0.25) is 0 Å². The van der Waals surface area contributed by atoms with Crippen LogP contribution in [0, 0.1) is 16.7 Å². The molecule has 0 N–H and O–H groups in total. The molecule has 0 aromatic rings.